The maximum absolute atomic E-state index is 14.9. The average molecular weight is 483 g/mol. The van der Waals surface area contributed by atoms with Crippen molar-refractivity contribution in [3.8, 4) is 0 Å². The fourth-order valence-electron chi connectivity index (χ4n) is 4.97. The van der Waals surface area contributed by atoms with E-state index in [-0.39, 0.29) is 5.82 Å². The highest BCUT2D eigenvalue weighted by atomic mass is 79.9. The van der Waals surface area contributed by atoms with Crippen LogP contribution in [0, 0.1) is 5.82 Å². The number of nitrogens with one attached hydrogen (secondary N) is 1. The van der Waals surface area contributed by atoms with E-state index in [1.807, 2.05) is 30.6 Å². The summed E-state index contributed by atoms with van der Waals surface area (Å²) in [4.78, 5) is 9.26. The van der Waals surface area contributed by atoms with Gasteiger partial charge in [-0.2, -0.15) is 0 Å². The molecule has 2 fully saturated rings. The van der Waals surface area contributed by atoms with Crippen LogP contribution in [0.25, 0.3) is 5.57 Å². The first kappa shape index (κ1) is 20.7. The topological polar surface area (TPSA) is 30.9 Å². The quantitative estimate of drug-likeness (QED) is 0.620. The summed E-state index contributed by atoms with van der Waals surface area (Å²) in [7, 11) is 0. The maximum Gasteiger partial charge on any atom is 0.148 e. The number of aliphatic imine (C=N–C) groups is 1. The lowest BCUT2D eigenvalue weighted by atomic mass is 9.99. The minimum absolute atomic E-state index is 0.159. The van der Waals surface area contributed by atoms with Gasteiger partial charge in [0.05, 0.1) is 12.2 Å². The van der Waals surface area contributed by atoms with Crippen LogP contribution >= 0.6 is 15.9 Å². The van der Waals surface area contributed by atoms with E-state index in [9.17, 15) is 4.39 Å². The highest BCUT2D eigenvalue weighted by Crippen LogP contribution is 2.29. The Balaban J connectivity index is 1.25. The second-order valence-electron chi connectivity index (χ2n) is 8.64. The van der Waals surface area contributed by atoms with Gasteiger partial charge in [-0.1, -0.05) is 22.0 Å². The van der Waals surface area contributed by atoms with Gasteiger partial charge in [-0.05, 0) is 85.8 Å². The molecule has 5 rings (SSSR count). The lowest BCUT2D eigenvalue weighted by Gasteiger charge is -2.38. The lowest BCUT2D eigenvalue weighted by Crippen LogP contribution is -2.44. The van der Waals surface area contributed by atoms with Crippen LogP contribution in [0.3, 0.4) is 0 Å². The van der Waals surface area contributed by atoms with Crippen LogP contribution < -0.4 is 10.2 Å². The third-order valence-corrected chi connectivity index (χ3v) is 7.17. The van der Waals surface area contributed by atoms with Crippen molar-refractivity contribution < 1.29 is 4.39 Å². The van der Waals surface area contributed by atoms with Crippen molar-refractivity contribution in [2.45, 2.75) is 31.7 Å². The molecule has 0 radical (unpaired) electrons. The lowest BCUT2D eigenvalue weighted by molar-refractivity contribution is 0.207. The molecule has 2 saturated heterocycles. The number of halogens is 2. The van der Waals surface area contributed by atoms with E-state index in [0.717, 1.165) is 58.5 Å². The van der Waals surface area contributed by atoms with Crippen molar-refractivity contribution in [2.75, 3.05) is 42.9 Å². The second-order valence-corrected chi connectivity index (χ2v) is 9.56. The number of fused-ring (bicyclic) bond motifs is 1. The minimum atomic E-state index is -0.159. The molecule has 0 bridgehead atoms. The standard InChI is InChI=1S/C25H28BrFN4/c26-20-4-3-18-15-28-16-19(23(18)13-20)17-29-21-5-6-25(24(27)14-21)31-11-7-22(8-12-31)30-9-1-2-10-30/h3-6,13-15,17,22,29H,1-2,7-12,16H2/b19-17+. The molecule has 0 amide bonds. The van der Waals surface area contributed by atoms with Crippen LogP contribution in [0.2, 0.25) is 0 Å². The second kappa shape index (κ2) is 9.13. The highest BCUT2D eigenvalue weighted by molar-refractivity contribution is 9.10. The number of rotatable bonds is 4. The number of nitrogens with zero attached hydrogens (tertiary/aromatic N) is 3. The largest absolute Gasteiger partial charge is 0.369 e. The highest BCUT2D eigenvalue weighted by Gasteiger charge is 2.27. The Kier molecular flexibility index (Phi) is 6.10. The summed E-state index contributed by atoms with van der Waals surface area (Å²) < 4.78 is 16.0. The zero-order valence-corrected chi connectivity index (χ0v) is 19.2. The summed E-state index contributed by atoms with van der Waals surface area (Å²) in [6.45, 7) is 4.95. The van der Waals surface area contributed by atoms with Crippen molar-refractivity contribution in [1.82, 2.24) is 4.90 Å². The Morgan fingerprint density at radius 1 is 1.03 bits per heavy atom. The first-order valence-electron chi connectivity index (χ1n) is 11.2. The van der Waals surface area contributed by atoms with E-state index in [1.54, 1.807) is 6.07 Å². The summed E-state index contributed by atoms with van der Waals surface area (Å²) in [6, 6.07) is 12.3. The monoisotopic (exact) mass is 482 g/mol. The molecule has 162 valence electrons. The zero-order chi connectivity index (χ0) is 21.2. The first-order valence-corrected chi connectivity index (χ1v) is 12.0. The van der Waals surface area contributed by atoms with Crippen LogP contribution in [-0.4, -0.2) is 49.9 Å². The molecule has 31 heavy (non-hydrogen) atoms. The van der Waals surface area contributed by atoms with Gasteiger partial charge >= 0.3 is 0 Å². The summed E-state index contributed by atoms with van der Waals surface area (Å²) in [5.74, 6) is -0.159. The van der Waals surface area contributed by atoms with Crippen LogP contribution in [0.1, 0.15) is 36.8 Å². The number of anilines is 2. The summed E-state index contributed by atoms with van der Waals surface area (Å²) in [5.41, 5.74) is 4.81. The number of hydrogen-bond acceptors (Lipinski definition) is 4. The Bertz CT molecular complexity index is 1000. The molecule has 2 aromatic rings. The smallest absolute Gasteiger partial charge is 0.148 e. The Hall–Kier alpha value is -2.18. The molecule has 3 aliphatic heterocycles. The van der Waals surface area contributed by atoms with E-state index < -0.39 is 0 Å². The summed E-state index contributed by atoms with van der Waals surface area (Å²) in [5, 5.41) is 3.27. The van der Waals surface area contributed by atoms with Gasteiger partial charge in [0.25, 0.3) is 0 Å². The normalized spacial score (nSPS) is 21.0. The Morgan fingerprint density at radius 3 is 2.61 bits per heavy atom. The molecular weight excluding hydrogens is 455 g/mol. The van der Waals surface area contributed by atoms with Gasteiger partial charge in [0.15, 0.2) is 0 Å². The van der Waals surface area contributed by atoms with Crippen molar-refractivity contribution in [3.63, 3.8) is 0 Å². The number of benzene rings is 2. The van der Waals surface area contributed by atoms with Gasteiger partial charge in [0.2, 0.25) is 0 Å². The molecule has 4 nitrogen and oxygen atoms in total. The van der Waals surface area contributed by atoms with E-state index >= 15 is 0 Å². The molecule has 6 heteroatoms. The van der Waals surface area contributed by atoms with Gasteiger partial charge in [0, 0.05) is 41.7 Å². The van der Waals surface area contributed by atoms with Gasteiger partial charge in [-0.25, -0.2) is 4.39 Å². The van der Waals surface area contributed by atoms with Crippen molar-refractivity contribution in [2.24, 2.45) is 4.99 Å². The van der Waals surface area contributed by atoms with Gasteiger partial charge in [0.1, 0.15) is 5.82 Å². The molecule has 3 aliphatic rings. The molecule has 2 aromatic carbocycles. The van der Waals surface area contributed by atoms with Gasteiger partial charge in [-0.15, -0.1) is 0 Å². The molecule has 0 atom stereocenters. The fourth-order valence-corrected chi connectivity index (χ4v) is 5.33. The minimum Gasteiger partial charge on any atom is -0.369 e. The SMILES string of the molecule is Fc1cc(N/C=C2\CN=Cc3ccc(Br)cc32)ccc1N1CCC(N2CCCC2)CC1. The first-order chi connectivity index (χ1) is 15.2. The molecule has 0 unspecified atom stereocenters. The van der Waals surface area contributed by atoms with Crippen molar-refractivity contribution in [1.29, 1.82) is 0 Å². The van der Waals surface area contributed by atoms with E-state index in [2.05, 4.69) is 48.2 Å². The third-order valence-electron chi connectivity index (χ3n) is 6.68. The van der Waals surface area contributed by atoms with E-state index in [1.165, 1.54) is 25.9 Å². The summed E-state index contributed by atoms with van der Waals surface area (Å²) >= 11 is 3.54. The number of likely N-dealkylation sites (tertiary alicyclic amines) is 1. The Morgan fingerprint density at radius 2 is 1.84 bits per heavy atom. The predicted octanol–water partition coefficient (Wildman–Crippen LogP) is 5.54. The predicted molar refractivity (Wildman–Crippen MR) is 131 cm³/mol. The number of piperidine rings is 1. The zero-order valence-electron chi connectivity index (χ0n) is 17.7. The van der Waals surface area contributed by atoms with Crippen molar-refractivity contribution in [3.05, 3.63) is 64.0 Å². The molecule has 1 N–H and O–H groups in total. The Labute approximate surface area is 192 Å². The van der Waals surface area contributed by atoms with E-state index in [4.69, 9.17) is 0 Å². The van der Waals surface area contributed by atoms with Crippen LogP contribution in [0.5, 0.6) is 0 Å². The summed E-state index contributed by atoms with van der Waals surface area (Å²) in [6.07, 6.45) is 8.75. The fraction of sp³-hybridized carbons (Fsp3) is 0.400. The molecule has 3 heterocycles. The third kappa shape index (κ3) is 4.55. The molecule has 0 aromatic heterocycles. The van der Waals surface area contributed by atoms with E-state index in [0.29, 0.717) is 12.6 Å². The van der Waals surface area contributed by atoms with Crippen LogP contribution in [0.15, 0.2) is 52.1 Å². The van der Waals surface area contributed by atoms with Crippen LogP contribution in [0.4, 0.5) is 15.8 Å². The molecule has 0 saturated carbocycles. The molecule has 0 aliphatic carbocycles. The molecular formula is C25H28BrFN4. The average Bonchev–Trinajstić information content (AvgIpc) is 3.33. The van der Waals surface area contributed by atoms with Crippen LogP contribution in [-0.2, 0) is 0 Å². The van der Waals surface area contributed by atoms with Gasteiger partial charge < -0.3 is 15.1 Å². The molecule has 0 spiro atoms. The number of hydrogen-bond donors (Lipinski definition) is 1. The maximum atomic E-state index is 14.9. The van der Waals surface area contributed by atoms with Gasteiger partial charge in [-0.3, -0.25) is 4.99 Å². The van der Waals surface area contributed by atoms with Crippen molar-refractivity contribution >= 4 is 39.1 Å².